The van der Waals surface area contributed by atoms with Gasteiger partial charge in [-0.15, -0.1) is 0 Å². The summed E-state index contributed by atoms with van der Waals surface area (Å²) in [5, 5.41) is 0. The first-order valence-electron chi connectivity index (χ1n) is 10.1. The maximum absolute atomic E-state index is 11.7. The van der Waals surface area contributed by atoms with Crippen molar-refractivity contribution in [3.05, 3.63) is 29.6 Å². The molecule has 27 heavy (non-hydrogen) atoms. The number of carbonyl (C=O) groups is 1. The number of hydrogen-bond acceptors (Lipinski definition) is 5. The van der Waals surface area contributed by atoms with E-state index in [1.807, 2.05) is 12.1 Å². The Morgan fingerprint density at radius 2 is 2.22 bits per heavy atom. The molecule has 1 aliphatic heterocycles. The number of pyridine rings is 1. The van der Waals surface area contributed by atoms with Crippen LogP contribution in [0.5, 0.6) is 0 Å². The van der Waals surface area contributed by atoms with Gasteiger partial charge < -0.3 is 20.1 Å². The third kappa shape index (κ3) is 4.03. The van der Waals surface area contributed by atoms with Gasteiger partial charge in [-0.3, -0.25) is 9.78 Å². The molecule has 0 radical (unpaired) electrons. The first-order valence-corrected chi connectivity index (χ1v) is 10.1. The van der Waals surface area contributed by atoms with Crippen molar-refractivity contribution in [1.29, 1.82) is 0 Å². The molecular formula is C21H33N3O3. The quantitative estimate of drug-likeness (QED) is 0.827. The lowest BCUT2D eigenvalue weighted by atomic mass is 9.65. The molecule has 1 aliphatic carbocycles. The number of primary amides is 1. The average Bonchev–Trinajstić information content (AvgIpc) is 2.69. The van der Waals surface area contributed by atoms with Gasteiger partial charge in [0.1, 0.15) is 5.69 Å². The molecule has 1 aromatic heterocycles. The highest BCUT2D eigenvalue weighted by Gasteiger charge is 2.48. The molecule has 0 aromatic carbocycles. The highest BCUT2D eigenvalue weighted by atomic mass is 16.5. The zero-order chi connectivity index (χ0) is 19.4. The van der Waals surface area contributed by atoms with Gasteiger partial charge in [0.15, 0.2) is 0 Å². The number of amides is 1. The van der Waals surface area contributed by atoms with Crippen LogP contribution in [0.15, 0.2) is 18.3 Å². The molecule has 2 heterocycles. The van der Waals surface area contributed by atoms with Crippen molar-refractivity contribution in [2.45, 2.75) is 50.7 Å². The van der Waals surface area contributed by atoms with Gasteiger partial charge >= 0.3 is 0 Å². The minimum atomic E-state index is -0.500. The molecule has 2 N–H and O–H groups in total. The van der Waals surface area contributed by atoms with Crippen LogP contribution in [0, 0.1) is 11.8 Å². The molecule has 1 saturated carbocycles. The highest BCUT2D eigenvalue weighted by Crippen LogP contribution is 2.48. The second kappa shape index (κ2) is 8.67. The van der Waals surface area contributed by atoms with E-state index in [-0.39, 0.29) is 0 Å². The lowest BCUT2D eigenvalue weighted by Gasteiger charge is -2.50. The molecule has 0 bridgehead atoms. The normalized spacial score (nSPS) is 31.8. The predicted octanol–water partition coefficient (Wildman–Crippen LogP) is 2.57. The van der Waals surface area contributed by atoms with Crippen LogP contribution in [0.25, 0.3) is 0 Å². The smallest absolute Gasteiger partial charge is 0.267 e. The predicted molar refractivity (Wildman–Crippen MR) is 104 cm³/mol. The topological polar surface area (TPSA) is 77.7 Å². The van der Waals surface area contributed by atoms with Gasteiger partial charge in [0, 0.05) is 38.4 Å². The van der Waals surface area contributed by atoms with Gasteiger partial charge in [0.25, 0.3) is 5.91 Å². The van der Waals surface area contributed by atoms with E-state index < -0.39 is 11.5 Å². The Labute approximate surface area is 162 Å². The Hall–Kier alpha value is -1.50. The van der Waals surface area contributed by atoms with Crippen molar-refractivity contribution in [3.8, 4) is 0 Å². The van der Waals surface area contributed by atoms with Crippen molar-refractivity contribution >= 4 is 5.91 Å². The van der Waals surface area contributed by atoms with Crippen LogP contribution in [0.3, 0.4) is 0 Å². The van der Waals surface area contributed by atoms with Crippen LogP contribution >= 0.6 is 0 Å². The summed E-state index contributed by atoms with van der Waals surface area (Å²) in [5.74, 6) is 0.182. The van der Waals surface area contributed by atoms with Gasteiger partial charge in [-0.2, -0.15) is 0 Å². The van der Waals surface area contributed by atoms with Crippen LogP contribution in [0.4, 0.5) is 0 Å². The number of aromatic nitrogens is 1. The molecule has 4 unspecified atom stereocenters. The van der Waals surface area contributed by atoms with Gasteiger partial charge in [0.05, 0.1) is 12.2 Å². The molecule has 0 spiro atoms. The third-order valence-electron chi connectivity index (χ3n) is 6.60. The SMILES string of the molecule is COC1(c2ccnc(C(N)=O)c2)C(C)CCCC1CN(C)C1CCCOC1. The monoisotopic (exact) mass is 375 g/mol. The summed E-state index contributed by atoms with van der Waals surface area (Å²) in [5.41, 5.74) is 6.36. The van der Waals surface area contributed by atoms with Crippen LogP contribution in [0.2, 0.25) is 0 Å². The summed E-state index contributed by atoms with van der Waals surface area (Å²) in [6, 6.07) is 4.27. The number of rotatable bonds is 6. The molecule has 1 aromatic rings. The van der Waals surface area contributed by atoms with Crippen LogP contribution in [-0.2, 0) is 15.1 Å². The maximum Gasteiger partial charge on any atom is 0.267 e. The Bertz CT molecular complexity index is 647. The molecule has 1 saturated heterocycles. The van der Waals surface area contributed by atoms with E-state index in [1.54, 1.807) is 13.3 Å². The number of carbonyl (C=O) groups excluding carboxylic acids is 1. The van der Waals surface area contributed by atoms with E-state index in [0.29, 0.717) is 23.6 Å². The number of nitrogens with two attached hydrogens (primary N) is 1. The van der Waals surface area contributed by atoms with Crippen molar-refractivity contribution in [1.82, 2.24) is 9.88 Å². The minimum absolute atomic E-state index is 0.300. The van der Waals surface area contributed by atoms with E-state index in [2.05, 4.69) is 23.9 Å². The first kappa shape index (κ1) is 20.2. The Balaban J connectivity index is 1.90. The molecule has 1 amide bonds. The summed E-state index contributed by atoms with van der Waals surface area (Å²) in [7, 11) is 3.99. The van der Waals surface area contributed by atoms with Crippen LogP contribution in [-0.4, -0.2) is 55.7 Å². The van der Waals surface area contributed by atoms with Gasteiger partial charge in [-0.1, -0.05) is 13.3 Å². The standard InChI is InChI=1S/C21H33N3O3/c1-15-6-4-7-17(13-24(2)18-8-5-11-27-14-18)21(15,26-3)16-9-10-23-19(12-16)20(22)25/h9-10,12,15,17-18H,4-8,11,13-14H2,1-3H3,(H2,22,25). The largest absolute Gasteiger partial charge is 0.380 e. The van der Waals surface area contributed by atoms with E-state index in [9.17, 15) is 4.79 Å². The first-order chi connectivity index (χ1) is 13.0. The highest BCUT2D eigenvalue weighted by molar-refractivity contribution is 5.90. The summed E-state index contributed by atoms with van der Waals surface area (Å²) < 4.78 is 12.0. The summed E-state index contributed by atoms with van der Waals surface area (Å²) >= 11 is 0. The van der Waals surface area contributed by atoms with Crippen molar-refractivity contribution in [2.75, 3.05) is 33.9 Å². The lowest BCUT2D eigenvalue weighted by molar-refractivity contribution is -0.135. The number of nitrogens with zero attached hydrogens (tertiary/aromatic N) is 2. The van der Waals surface area contributed by atoms with Crippen molar-refractivity contribution < 1.29 is 14.3 Å². The van der Waals surface area contributed by atoms with E-state index in [4.69, 9.17) is 15.2 Å². The fourth-order valence-electron chi connectivity index (χ4n) is 5.11. The minimum Gasteiger partial charge on any atom is -0.380 e. The zero-order valence-electron chi connectivity index (χ0n) is 16.8. The second-order valence-corrected chi connectivity index (χ2v) is 8.13. The lowest BCUT2D eigenvalue weighted by Crippen LogP contribution is -2.52. The molecule has 150 valence electrons. The fraction of sp³-hybridized carbons (Fsp3) is 0.714. The molecule has 2 fully saturated rings. The molecule has 2 aliphatic rings. The molecule has 3 rings (SSSR count). The third-order valence-corrected chi connectivity index (χ3v) is 6.60. The zero-order valence-corrected chi connectivity index (χ0v) is 16.8. The maximum atomic E-state index is 11.7. The van der Waals surface area contributed by atoms with Crippen LogP contribution < -0.4 is 5.73 Å². The van der Waals surface area contributed by atoms with Crippen molar-refractivity contribution in [3.63, 3.8) is 0 Å². The van der Waals surface area contributed by atoms with Crippen molar-refractivity contribution in [2.24, 2.45) is 17.6 Å². The second-order valence-electron chi connectivity index (χ2n) is 8.13. The summed E-state index contributed by atoms with van der Waals surface area (Å²) in [4.78, 5) is 18.2. The number of hydrogen-bond donors (Lipinski definition) is 1. The summed E-state index contributed by atoms with van der Waals surface area (Å²) in [6.07, 6.45) is 7.38. The molecule has 4 atom stereocenters. The van der Waals surface area contributed by atoms with E-state index in [1.165, 1.54) is 12.8 Å². The molecule has 6 nitrogen and oxygen atoms in total. The number of methoxy groups -OCH3 is 1. The molecule has 6 heteroatoms. The van der Waals surface area contributed by atoms with Crippen LogP contribution in [0.1, 0.15) is 55.1 Å². The number of likely N-dealkylation sites (N-methyl/N-ethyl adjacent to an activating group) is 1. The van der Waals surface area contributed by atoms with Gasteiger partial charge in [-0.25, -0.2) is 0 Å². The van der Waals surface area contributed by atoms with E-state index >= 15 is 0 Å². The molecular weight excluding hydrogens is 342 g/mol. The fourth-order valence-corrected chi connectivity index (χ4v) is 5.11. The Morgan fingerprint density at radius 3 is 2.89 bits per heavy atom. The van der Waals surface area contributed by atoms with Gasteiger partial charge in [0.2, 0.25) is 0 Å². The Kier molecular flexibility index (Phi) is 6.50. The average molecular weight is 376 g/mol. The summed E-state index contributed by atoms with van der Waals surface area (Å²) in [6.45, 7) is 4.88. The number of ether oxygens (including phenoxy) is 2. The Morgan fingerprint density at radius 1 is 1.41 bits per heavy atom. The van der Waals surface area contributed by atoms with Gasteiger partial charge in [-0.05, 0) is 56.3 Å². The van der Waals surface area contributed by atoms with E-state index in [0.717, 1.165) is 44.6 Å².